The fraction of sp³-hybridized carbons (Fsp3) is 0.222. The number of aryl methyl sites for hydroxylation is 1. The van der Waals surface area contributed by atoms with Crippen molar-refractivity contribution in [1.29, 1.82) is 0 Å². The summed E-state index contributed by atoms with van der Waals surface area (Å²) in [4.78, 5) is 51.0. The summed E-state index contributed by atoms with van der Waals surface area (Å²) in [6, 6.07) is 10.9. The van der Waals surface area contributed by atoms with Crippen LogP contribution in [0.15, 0.2) is 48.7 Å². The summed E-state index contributed by atoms with van der Waals surface area (Å²) in [6.45, 7) is 1.21. The number of hydrogen-bond acceptors (Lipinski definition) is 4. The lowest BCUT2D eigenvalue weighted by atomic mass is 10.1. The molecular weight excluding hydrogens is 322 g/mol. The monoisotopic (exact) mass is 339 g/mol. The smallest absolute Gasteiger partial charge is 0.335 e. The Hall–Kier alpha value is -3.22. The first-order valence-electron chi connectivity index (χ1n) is 7.80. The van der Waals surface area contributed by atoms with Gasteiger partial charge in [0.15, 0.2) is 5.78 Å². The Bertz CT molecular complexity index is 856. The Balaban J connectivity index is 1.82. The van der Waals surface area contributed by atoms with E-state index in [1.54, 1.807) is 61.1 Å². The van der Waals surface area contributed by atoms with E-state index < -0.39 is 36.2 Å². The highest BCUT2D eigenvalue weighted by Gasteiger charge is 2.47. The maximum atomic E-state index is 12.6. The van der Waals surface area contributed by atoms with Crippen LogP contribution in [0, 0.1) is 0 Å². The number of carbonyl (C=O) groups excluding carboxylic acids is 4. The van der Waals surface area contributed by atoms with Crippen LogP contribution in [-0.4, -0.2) is 44.5 Å². The van der Waals surface area contributed by atoms with Crippen molar-refractivity contribution < 1.29 is 19.2 Å². The van der Waals surface area contributed by atoms with Gasteiger partial charge in [-0.25, -0.2) is 14.6 Å². The highest BCUT2D eigenvalue weighted by Crippen LogP contribution is 2.26. The summed E-state index contributed by atoms with van der Waals surface area (Å²) >= 11 is 0. The standard InChI is InChI=1S/C18H17N3O4/c1-12(13-7-4-3-5-8-13)21-17(24)16(23)20(18(21)25)11-15(22)14-9-6-10-19(14)2/h3-10,12H,11H2,1-2H3/t12-/m0/s1. The lowest BCUT2D eigenvalue weighted by Gasteiger charge is -2.22. The predicted molar refractivity (Wildman–Crippen MR) is 88.6 cm³/mol. The van der Waals surface area contributed by atoms with E-state index in [4.69, 9.17) is 0 Å². The van der Waals surface area contributed by atoms with Crippen LogP contribution in [0.3, 0.4) is 0 Å². The third kappa shape index (κ3) is 2.84. The lowest BCUT2D eigenvalue weighted by molar-refractivity contribution is -0.143. The normalized spacial score (nSPS) is 15.8. The van der Waals surface area contributed by atoms with Gasteiger partial charge in [-0.2, -0.15) is 0 Å². The molecule has 1 atom stereocenters. The Labute approximate surface area is 144 Å². The van der Waals surface area contributed by atoms with Crippen molar-refractivity contribution in [2.24, 2.45) is 7.05 Å². The van der Waals surface area contributed by atoms with Crippen molar-refractivity contribution in [1.82, 2.24) is 14.4 Å². The Morgan fingerprint density at radius 2 is 1.68 bits per heavy atom. The van der Waals surface area contributed by atoms with Crippen LogP contribution in [-0.2, 0) is 16.6 Å². The van der Waals surface area contributed by atoms with E-state index in [0.717, 1.165) is 10.5 Å². The number of carbonyl (C=O) groups is 4. The first-order chi connectivity index (χ1) is 11.9. The van der Waals surface area contributed by atoms with Crippen molar-refractivity contribution in [3.8, 4) is 0 Å². The maximum Gasteiger partial charge on any atom is 0.335 e. The number of ketones is 1. The minimum Gasteiger partial charge on any atom is -0.348 e. The molecule has 0 aliphatic carbocycles. The Morgan fingerprint density at radius 3 is 2.28 bits per heavy atom. The van der Waals surface area contributed by atoms with Gasteiger partial charge in [-0.15, -0.1) is 0 Å². The number of benzene rings is 1. The quantitative estimate of drug-likeness (QED) is 0.472. The van der Waals surface area contributed by atoms with Crippen LogP contribution in [0.5, 0.6) is 0 Å². The van der Waals surface area contributed by atoms with Gasteiger partial charge in [-0.05, 0) is 24.6 Å². The van der Waals surface area contributed by atoms with E-state index in [-0.39, 0.29) is 0 Å². The second kappa shape index (κ2) is 6.35. The lowest BCUT2D eigenvalue weighted by Crippen LogP contribution is -2.38. The molecule has 4 amide bonds. The predicted octanol–water partition coefficient (Wildman–Crippen LogP) is 1.76. The fourth-order valence-electron chi connectivity index (χ4n) is 2.86. The molecule has 0 unspecified atom stereocenters. The number of imide groups is 2. The molecule has 0 saturated carbocycles. The average Bonchev–Trinajstić information content (AvgIpc) is 3.12. The largest absolute Gasteiger partial charge is 0.348 e. The molecule has 7 heteroatoms. The molecule has 128 valence electrons. The fourth-order valence-corrected chi connectivity index (χ4v) is 2.86. The van der Waals surface area contributed by atoms with E-state index >= 15 is 0 Å². The average molecular weight is 339 g/mol. The van der Waals surface area contributed by atoms with E-state index in [0.29, 0.717) is 10.6 Å². The maximum absolute atomic E-state index is 12.6. The molecule has 1 aromatic heterocycles. The molecule has 2 aromatic rings. The molecule has 7 nitrogen and oxygen atoms in total. The molecule has 25 heavy (non-hydrogen) atoms. The highest BCUT2D eigenvalue weighted by atomic mass is 16.2. The van der Waals surface area contributed by atoms with Crippen molar-refractivity contribution in [2.75, 3.05) is 6.54 Å². The molecule has 1 aromatic carbocycles. The zero-order valence-electron chi connectivity index (χ0n) is 13.9. The van der Waals surface area contributed by atoms with E-state index in [1.807, 2.05) is 6.07 Å². The third-order valence-electron chi connectivity index (χ3n) is 4.28. The number of rotatable bonds is 5. The molecule has 1 aliphatic rings. The van der Waals surface area contributed by atoms with Gasteiger partial charge in [0.1, 0.15) is 0 Å². The second-order valence-electron chi connectivity index (χ2n) is 5.86. The summed E-state index contributed by atoms with van der Waals surface area (Å²) in [5.41, 5.74) is 1.09. The van der Waals surface area contributed by atoms with Gasteiger partial charge in [0.25, 0.3) is 0 Å². The number of hydrogen-bond donors (Lipinski definition) is 0. The summed E-state index contributed by atoms with van der Waals surface area (Å²) < 4.78 is 1.60. The van der Waals surface area contributed by atoms with Crippen LogP contribution in [0.1, 0.15) is 29.0 Å². The molecule has 0 radical (unpaired) electrons. The number of nitrogens with zero attached hydrogens (tertiary/aromatic N) is 3. The minimum absolute atomic E-state index is 0.364. The van der Waals surface area contributed by atoms with Crippen LogP contribution in [0.4, 0.5) is 4.79 Å². The van der Waals surface area contributed by atoms with Gasteiger partial charge in [0, 0.05) is 13.2 Å². The first kappa shape index (κ1) is 16.6. The SMILES string of the molecule is C[C@@H](c1ccccc1)N1C(=O)C(=O)N(CC(=O)c2cccn2C)C1=O. The molecule has 2 heterocycles. The highest BCUT2D eigenvalue weighted by molar-refractivity contribution is 6.45. The van der Waals surface area contributed by atoms with E-state index in [2.05, 4.69) is 0 Å². The van der Waals surface area contributed by atoms with Gasteiger partial charge in [-0.3, -0.25) is 14.4 Å². The number of Topliss-reactive ketones (excluding diaryl/α,β-unsaturated/α-hetero) is 1. The van der Waals surface area contributed by atoms with Crippen molar-refractivity contribution in [2.45, 2.75) is 13.0 Å². The van der Waals surface area contributed by atoms with Crippen molar-refractivity contribution in [3.63, 3.8) is 0 Å². The second-order valence-corrected chi connectivity index (χ2v) is 5.86. The van der Waals surface area contributed by atoms with Gasteiger partial charge >= 0.3 is 17.8 Å². The molecule has 0 spiro atoms. The Morgan fingerprint density at radius 1 is 1.00 bits per heavy atom. The van der Waals surface area contributed by atoms with E-state index in [1.165, 1.54) is 0 Å². The number of aromatic nitrogens is 1. The first-order valence-corrected chi connectivity index (χ1v) is 7.80. The summed E-state index contributed by atoms with van der Waals surface area (Å²) in [5.74, 6) is -2.30. The van der Waals surface area contributed by atoms with Crippen LogP contribution in [0.2, 0.25) is 0 Å². The zero-order valence-corrected chi connectivity index (χ0v) is 13.9. The van der Waals surface area contributed by atoms with Gasteiger partial charge < -0.3 is 4.57 Å². The zero-order chi connectivity index (χ0) is 18.1. The summed E-state index contributed by atoms with van der Waals surface area (Å²) in [6.07, 6.45) is 1.69. The van der Waals surface area contributed by atoms with Crippen LogP contribution >= 0.6 is 0 Å². The summed E-state index contributed by atoms with van der Waals surface area (Å²) in [7, 11) is 1.69. The van der Waals surface area contributed by atoms with Crippen molar-refractivity contribution >= 4 is 23.6 Å². The van der Waals surface area contributed by atoms with Gasteiger partial charge in [-0.1, -0.05) is 30.3 Å². The molecule has 1 aliphatic heterocycles. The number of urea groups is 1. The molecule has 0 bridgehead atoms. The Kier molecular flexibility index (Phi) is 4.22. The molecule has 3 rings (SSSR count). The van der Waals surface area contributed by atoms with E-state index in [9.17, 15) is 19.2 Å². The molecule has 1 saturated heterocycles. The number of amides is 4. The minimum atomic E-state index is -0.977. The molecule has 1 fully saturated rings. The van der Waals surface area contributed by atoms with Crippen LogP contribution in [0.25, 0.3) is 0 Å². The third-order valence-corrected chi connectivity index (χ3v) is 4.28. The van der Waals surface area contributed by atoms with Gasteiger partial charge in [0.05, 0.1) is 18.3 Å². The molecule has 0 N–H and O–H groups in total. The van der Waals surface area contributed by atoms with Crippen LogP contribution < -0.4 is 0 Å². The molecular formula is C18H17N3O4. The van der Waals surface area contributed by atoms with Crippen molar-refractivity contribution in [3.05, 3.63) is 59.9 Å². The topological polar surface area (TPSA) is 79.7 Å². The summed E-state index contributed by atoms with van der Waals surface area (Å²) in [5, 5.41) is 0. The van der Waals surface area contributed by atoms with Gasteiger partial charge in [0.2, 0.25) is 0 Å².